The van der Waals surface area contributed by atoms with Gasteiger partial charge in [-0.05, 0) is 60.5 Å². The molecule has 252 valence electrons. The SMILES string of the molecule is NCCCC[C@H](NC(=O)C1C(c2c[nH]c3ccccc23)CCN1C(=O)CC(c1ccccc1)c1ccccc1)C(=O)NCc1ccccc1. The fourth-order valence-corrected chi connectivity index (χ4v) is 7.14. The summed E-state index contributed by atoms with van der Waals surface area (Å²) < 4.78 is 0. The van der Waals surface area contributed by atoms with Crippen molar-refractivity contribution in [3.8, 4) is 0 Å². The van der Waals surface area contributed by atoms with E-state index >= 15 is 0 Å². The normalized spacial score (nSPS) is 16.5. The first-order valence-corrected chi connectivity index (χ1v) is 17.3. The number of amides is 3. The number of carbonyl (C=O) groups is 3. The Morgan fingerprint density at radius 3 is 2.12 bits per heavy atom. The van der Waals surface area contributed by atoms with E-state index in [0.29, 0.717) is 38.9 Å². The molecule has 0 saturated carbocycles. The maximum Gasteiger partial charge on any atom is 0.244 e. The molecule has 2 unspecified atom stereocenters. The molecule has 1 fully saturated rings. The Balaban J connectivity index is 1.29. The van der Waals surface area contributed by atoms with E-state index in [0.717, 1.165) is 39.6 Å². The number of aromatic amines is 1. The number of carbonyl (C=O) groups excluding carboxylic acids is 3. The minimum Gasteiger partial charge on any atom is -0.361 e. The van der Waals surface area contributed by atoms with Crippen LogP contribution < -0.4 is 16.4 Å². The molecule has 4 aromatic carbocycles. The van der Waals surface area contributed by atoms with E-state index < -0.39 is 12.1 Å². The molecule has 1 aromatic heterocycles. The summed E-state index contributed by atoms with van der Waals surface area (Å²) in [6, 6.07) is 36.3. The highest BCUT2D eigenvalue weighted by Gasteiger charge is 2.44. The standard InChI is InChI=1S/C41H45N5O3/c42-24-13-12-22-37(40(48)44-27-29-14-4-1-5-15-29)45-41(49)39-33(35-28-43-36-21-11-10-20-32(35)36)23-25-46(39)38(47)26-34(30-16-6-2-7-17-30)31-18-8-3-9-19-31/h1-11,14-21,28,33-34,37,39,43H,12-13,22-27,42H2,(H,44,48)(H,45,49)/t33?,37-,39?/m0/s1. The predicted molar refractivity (Wildman–Crippen MR) is 194 cm³/mol. The van der Waals surface area contributed by atoms with Gasteiger partial charge in [0, 0.05) is 48.4 Å². The lowest BCUT2D eigenvalue weighted by Gasteiger charge is -2.30. The molecule has 0 spiro atoms. The number of rotatable bonds is 14. The zero-order valence-electron chi connectivity index (χ0n) is 27.8. The lowest BCUT2D eigenvalue weighted by Crippen LogP contribution is -2.54. The van der Waals surface area contributed by atoms with Crippen molar-refractivity contribution in [1.29, 1.82) is 0 Å². The Morgan fingerprint density at radius 2 is 1.45 bits per heavy atom. The zero-order valence-corrected chi connectivity index (χ0v) is 27.8. The van der Waals surface area contributed by atoms with E-state index in [4.69, 9.17) is 5.73 Å². The van der Waals surface area contributed by atoms with E-state index in [9.17, 15) is 14.4 Å². The molecule has 0 radical (unpaired) electrons. The maximum atomic E-state index is 14.5. The number of aromatic nitrogens is 1. The first-order chi connectivity index (χ1) is 24.0. The molecule has 0 aliphatic carbocycles. The maximum absolute atomic E-state index is 14.5. The monoisotopic (exact) mass is 655 g/mol. The number of nitrogens with zero attached hydrogens (tertiary/aromatic N) is 1. The van der Waals surface area contributed by atoms with Gasteiger partial charge in [0.2, 0.25) is 17.7 Å². The molecule has 0 bridgehead atoms. The van der Waals surface area contributed by atoms with Crippen LogP contribution in [0.1, 0.15) is 66.2 Å². The Bertz CT molecular complexity index is 1790. The molecule has 3 amide bonds. The average molecular weight is 656 g/mol. The number of nitrogens with two attached hydrogens (primary N) is 1. The summed E-state index contributed by atoms with van der Waals surface area (Å²) in [6.07, 6.45) is 4.69. The van der Waals surface area contributed by atoms with Gasteiger partial charge in [-0.2, -0.15) is 0 Å². The van der Waals surface area contributed by atoms with Gasteiger partial charge < -0.3 is 26.3 Å². The first-order valence-electron chi connectivity index (χ1n) is 17.3. The number of fused-ring (bicyclic) bond motifs is 1. The van der Waals surface area contributed by atoms with Gasteiger partial charge in [-0.3, -0.25) is 14.4 Å². The van der Waals surface area contributed by atoms with Crippen LogP contribution in [-0.2, 0) is 20.9 Å². The second kappa shape index (κ2) is 16.3. The van der Waals surface area contributed by atoms with Gasteiger partial charge in [0.05, 0.1) is 0 Å². The quantitative estimate of drug-likeness (QED) is 0.110. The highest BCUT2D eigenvalue weighted by Crippen LogP contribution is 2.39. The first kappa shape index (κ1) is 33.7. The summed E-state index contributed by atoms with van der Waals surface area (Å²) in [6.45, 7) is 1.30. The zero-order chi connectivity index (χ0) is 34.0. The lowest BCUT2D eigenvalue weighted by molar-refractivity contribution is -0.140. The van der Waals surface area contributed by atoms with Gasteiger partial charge >= 0.3 is 0 Å². The van der Waals surface area contributed by atoms with Crippen LogP contribution in [0.2, 0.25) is 0 Å². The number of likely N-dealkylation sites (tertiary alicyclic amines) is 1. The number of unbranched alkanes of at least 4 members (excludes halogenated alkanes) is 1. The van der Waals surface area contributed by atoms with Crippen LogP contribution in [0.3, 0.4) is 0 Å². The van der Waals surface area contributed by atoms with Crippen LogP contribution in [-0.4, -0.2) is 52.8 Å². The number of H-pyrrole nitrogens is 1. The minimum absolute atomic E-state index is 0.0894. The summed E-state index contributed by atoms with van der Waals surface area (Å²) >= 11 is 0. The number of benzene rings is 4. The molecule has 5 aromatic rings. The summed E-state index contributed by atoms with van der Waals surface area (Å²) in [7, 11) is 0. The second-order valence-electron chi connectivity index (χ2n) is 12.8. The summed E-state index contributed by atoms with van der Waals surface area (Å²) in [5.74, 6) is -1.07. The van der Waals surface area contributed by atoms with E-state index in [1.165, 1.54) is 0 Å². The van der Waals surface area contributed by atoms with Crippen LogP contribution >= 0.6 is 0 Å². The molecular weight excluding hydrogens is 610 g/mol. The molecule has 1 aliphatic heterocycles. The Labute approximate surface area is 288 Å². The van der Waals surface area contributed by atoms with Crippen molar-refractivity contribution in [3.63, 3.8) is 0 Å². The minimum atomic E-state index is -0.780. The molecule has 5 N–H and O–H groups in total. The third-order valence-electron chi connectivity index (χ3n) is 9.68. The van der Waals surface area contributed by atoms with Crippen molar-refractivity contribution < 1.29 is 14.4 Å². The Hall–Kier alpha value is -5.21. The fourth-order valence-electron chi connectivity index (χ4n) is 7.14. The Kier molecular flexibility index (Phi) is 11.2. The van der Waals surface area contributed by atoms with Crippen LogP contribution in [0.25, 0.3) is 10.9 Å². The predicted octanol–water partition coefficient (Wildman–Crippen LogP) is 6.00. The molecule has 3 atom stereocenters. The molecular formula is C41H45N5O3. The van der Waals surface area contributed by atoms with E-state index in [1.54, 1.807) is 4.90 Å². The van der Waals surface area contributed by atoms with Crippen LogP contribution in [0, 0.1) is 0 Å². The number of nitrogens with one attached hydrogen (secondary N) is 3. The number of hydrogen-bond donors (Lipinski definition) is 4. The van der Waals surface area contributed by atoms with Gasteiger partial charge in [0.25, 0.3) is 0 Å². The lowest BCUT2D eigenvalue weighted by atomic mass is 9.87. The smallest absolute Gasteiger partial charge is 0.244 e. The number of para-hydroxylation sites is 1. The largest absolute Gasteiger partial charge is 0.361 e. The number of hydrogen-bond acceptors (Lipinski definition) is 4. The fraction of sp³-hybridized carbons (Fsp3) is 0.293. The third-order valence-corrected chi connectivity index (χ3v) is 9.68. The topological polar surface area (TPSA) is 120 Å². The van der Waals surface area contributed by atoms with Crippen molar-refractivity contribution >= 4 is 28.6 Å². The van der Waals surface area contributed by atoms with Crippen molar-refractivity contribution in [2.75, 3.05) is 13.1 Å². The summed E-state index contributed by atoms with van der Waals surface area (Å²) in [5.41, 5.74) is 10.8. The van der Waals surface area contributed by atoms with Gasteiger partial charge in [-0.1, -0.05) is 109 Å². The molecule has 2 heterocycles. The molecule has 8 heteroatoms. The molecule has 6 rings (SSSR count). The van der Waals surface area contributed by atoms with Crippen molar-refractivity contribution in [2.24, 2.45) is 5.73 Å². The van der Waals surface area contributed by atoms with Crippen molar-refractivity contribution in [1.82, 2.24) is 20.5 Å². The van der Waals surface area contributed by atoms with Gasteiger partial charge in [-0.25, -0.2) is 0 Å². The van der Waals surface area contributed by atoms with Crippen LogP contribution in [0.5, 0.6) is 0 Å². The molecule has 8 nitrogen and oxygen atoms in total. The molecule has 1 saturated heterocycles. The van der Waals surface area contributed by atoms with Crippen LogP contribution in [0.15, 0.2) is 121 Å². The van der Waals surface area contributed by atoms with E-state index in [-0.39, 0.29) is 36.0 Å². The summed E-state index contributed by atoms with van der Waals surface area (Å²) in [4.78, 5) is 47.6. The third kappa shape index (κ3) is 8.09. The van der Waals surface area contributed by atoms with Crippen molar-refractivity contribution in [2.45, 2.75) is 62.6 Å². The van der Waals surface area contributed by atoms with Gasteiger partial charge in [0.15, 0.2) is 0 Å². The molecule has 1 aliphatic rings. The summed E-state index contributed by atoms with van der Waals surface area (Å²) in [5, 5.41) is 7.14. The highest BCUT2D eigenvalue weighted by atomic mass is 16.2. The average Bonchev–Trinajstić information content (AvgIpc) is 3.78. The van der Waals surface area contributed by atoms with Crippen molar-refractivity contribution in [3.05, 3.63) is 144 Å². The van der Waals surface area contributed by atoms with Gasteiger partial charge in [0.1, 0.15) is 12.1 Å². The highest BCUT2D eigenvalue weighted by molar-refractivity contribution is 5.94. The second-order valence-corrected chi connectivity index (χ2v) is 12.8. The van der Waals surface area contributed by atoms with Crippen LogP contribution in [0.4, 0.5) is 0 Å². The van der Waals surface area contributed by atoms with Gasteiger partial charge in [-0.15, -0.1) is 0 Å². The molecule has 49 heavy (non-hydrogen) atoms. The van der Waals surface area contributed by atoms with E-state index in [2.05, 4.69) is 15.6 Å². The Morgan fingerprint density at radius 1 is 0.816 bits per heavy atom. The van der Waals surface area contributed by atoms with E-state index in [1.807, 2.05) is 121 Å².